The molecule has 2 aromatic carbocycles. The summed E-state index contributed by atoms with van der Waals surface area (Å²) in [5.74, 6) is 0. The van der Waals surface area contributed by atoms with Gasteiger partial charge in [0.25, 0.3) is 10.0 Å². The lowest BCUT2D eigenvalue weighted by Gasteiger charge is -2.11. The minimum Gasteiger partial charge on any atom is -0.389 e. The molecule has 4 nitrogen and oxygen atoms in total. The number of aryl methyl sites for hydroxylation is 1. The molecule has 0 amide bonds. The molecule has 0 radical (unpaired) electrons. The van der Waals surface area contributed by atoms with Gasteiger partial charge in [0.1, 0.15) is 4.99 Å². The first kappa shape index (κ1) is 15.9. The third-order valence-electron chi connectivity index (χ3n) is 2.83. The predicted molar refractivity (Wildman–Crippen MR) is 92.0 cm³/mol. The number of nitrogens with one attached hydrogen (secondary N) is 1. The van der Waals surface area contributed by atoms with Crippen LogP contribution in [0.25, 0.3) is 0 Å². The van der Waals surface area contributed by atoms with Crippen molar-refractivity contribution >= 4 is 48.8 Å². The Bertz CT molecular complexity index is 787. The first-order valence-electron chi connectivity index (χ1n) is 5.98. The summed E-state index contributed by atoms with van der Waals surface area (Å²) in [6.07, 6.45) is 0. The molecule has 0 saturated carbocycles. The SMILES string of the molecule is Cc1ccc(S(=O)(=O)Nc2ccc(C(N)=S)cc2Br)cc1. The normalized spacial score (nSPS) is 11.1. The lowest BCUT2D eigenvalue weighted by Crippen LogP contribution is -2.14. The highest BCUT2D eigenvalue weighted by atomic mass is 79.9. The average molecular weight is 385 g/mol. The molecule has 0 unspecified atom stereocenters. The summed E-state index contributed by atoms with van der Waals surface area (Å²) in [4.78, 5) is 0.460. The van der Waals surface area contributed by atoms with Crippen molar-refractivity contribution in [1.29, 1.82) is 0 Å². The molecule has 0 aliphatic carbocycles. The second-order valence-corrected chi connectivity index (χ2v) is 7.45. The summed E-state index contributed by atoms with van der Waals surface area (Å²) in [7, 11) is -3.63. The molecular weight excluding hydrogens is 372 g/mol. The average Bonchev–Trinajstić information content (AvgIpc) is 2.41. The Balaban J connectivity index is 2.32. The molecule has 0 saturated heterocycles. The first-order valence-corrected chi connectivity index (χ1v) is 8.67. The molecule has 0 bridgehead atoms. The van der Waals surface area contributed by atoms with Gasteiger partial charge in [-0.1, -0.05) is 29.9 Å². The molecule has 0 aliphatic rings. The van der Waals surface area contributed by atoms with Gasteiger partial charge >= 0.3 is 0 Å². The predicted octanol–water partition coefficient (Wildman–Crippen LogP) is 3.19. The van der Waals surface area contributed by atoms with E-state index in [0.717, 1.165) is 5.56 Å². The summed E-state index contributed by atoms with van der Waals surface area (Å²) in [5.41, 5.74) is 7.62. The number of hydrogen-bond acceptors (Lipinski definition) is 3. The van der Waals surface area contributed by atoms with Gasteiger partial charge in [0.05, 0.1) is 10.6 Å². The van der Waals surface area contributed by atoms with Crippen LogP contribution in [0, 0.1) is 6.92 Å². The number of thiocarbonyl (C=S) groups is 1. The van der Waals surface area contributed by atoms with Crippen molar-refractivity contribution in [3.63, 3.8) is 0 Å². The van der Waals surface area contributed by atoms with Crippen molar-refractivity contribution in [3.05, 3.63) is 58.1 Å². The molecule has 21 heavy (non-hydrogen) atoms. The van der Waals surface area contributed by atoms with Gasteiger partial charge in [0.15, 0.2) is 0 Å². The lowest BCUT2D eigenvalue weighted by atomic mass is 10.2. The molecule has 0 heterocycles. The summed E-state index contributed by atoms with van der Waals surface area (Å²) < 4.78 is 27.7. The molecular formula is C14H13BrN2O2S2. The number of hydrogen-bond donors (Lipinski definition) is 2. The van der Waals surface area contributed by atoms with Gasteiger partial charge in [-0.2, -0.15) is 0 Å². The van der Waals surface area contributed by atoms with Gasteiger partial charge < -0.3 is 5.73 Å². The van der Waals surface area contributed by atoms with E-state index in [2.05, 4.69) is 20.7 Å². The van der Waals surface area contributed by atoms with Crippen molar-refractivity contribution in [1.82, 2.24) is 0 Å². The van der Waals surface area contributed by atoms with Gasteiger partial charge in [-0.3, -0.25) is 4.72 Å². The molecule has 0 atom stereocenters. The summed E-state index contributed by atoms with van der Waals surface area (Å²) in [5, 5.41) is 0. The van der Waals surface area contributed by atoms with Gasteiger partial charge in [-0.25, -0.2) is 8.42 Å². The second-order valence-electron chi connectivity index (χ2n) is 4.48. The van der Waals surface area contributed by atoms with Crippen LogP contribution in [-0.2, 0) is 10.0 Å². The minimum absolute atomic E-state index is 0.207. The van der Waals surface area contributed by atoms with E-state index in [0.29, 0.717) is 15.7 Å². The zero-order chi connectivity index (χ0) is 15.6. The van der Waals surface area contributed by atoms with E-state index in [-0.39, 0.29) is 9.88 Å². The summed E-state index contributed by atoms with van der Waals surface area (Å²) >= 11 is 8.19. The van der Waals surface area contributed by atoms with Crippen LogP contribution in [0.3, 0.4) is 0 Å². The highest BCUT2D eigenvalue weighted by Gasteiger charge is 2.15. The van der Waals surface area contributed by atoms with Crippen LogP contribution in [0.15, 0.2) is 51.8 Å². The molecule has 7 heteroatoms. The van der Waals surface area contributed by atoms with Gasteiger partial charge in [0, 0.05) is 10.0 Å². The number of sulfonamides is 1. The monoisotopic (exact) mass is 384 g/mol. The number of nitrogens with two attached hydrogens (primary N) is 1. The van der Waals surface area contributed by atoms with Gasteiger partial charge in [-0.15, -0.1) is 0 Å². The third-order valence-corrected chi connectivity index (χ3v) is 5.10. The Hall–Kier alpha value is -1.44. The van der Waals surface area contributed by atoms with Gasteiger partial charge in [-0.05, 0) is 53.2 Å². The van der Waals surface area contributed by atoms with Gasteiger partial charge in [0.2, 0.25) is 0 Å². The lowest BCUT2D eigenvalue weighted by molar-refractivity contribution is 0.601. The zero-order valence-corrected chi connectivity index (χ0v) is 14.3. The second kappa shape index (κ2) is 6.13. The van der Waals surface area contributed by atoms with Crippen LogP contribution in [0.4, 0.5) is 5.69 Å². The first-order chi connectivity index (χ1) is 9.79. The quantitative estimate of drug-likeness (QED) is 0.793. The van der Waals surface area contributed by atoms with Crippen molar-refractivity contribution in [2.75, 3.05) is 4.72 Å². The maximum atomic E-state index is 12.3. The number of halogens is 1. The molecule has 2 aromatic rings. The molecule has 110 valence electrons. The van der Waals surface area contributed by atoms with Crippen molar-refractivity contribution in [3.8, 4) is 0 Å². The van der Waals surface area contributed by atoms with E-state index < -0.39 is 10.0 Å². The molecule has 0 aromatic heterocycles. The fraction of sp³-hybridized carbons (Fsp3) is 0.0714. The Morgan fingerprint density at radius 1 is 1.19 bits per heavy atom. The molecule has 0 spiro atoms. The Morgan fingerprint density at radius 3 is 2.33 bits per heavy atom. The van der Waals surface area contributed by atoms with E-state index in [1.807, 2.05) is 6.92 Å². The summed E-state index contributed by atoms with van der Waals surface area (Å²) in [6.45, 7) is 1.90. The fourth-order valence-electron chi connectivity index (χ4n) is 1.67. The van der Waals surface area contributed by atoms with E-state index in [9.17, 15) is 8.42 Å². The maximum Gasteiger partial charge on any atom is 0.261 e. The summed E-state index contributed by atoms with van der Waals surface area (Å²) in [6, 6.07) is 11.6. The van der Waals surface area contributed by atoms with Crippen LogP contribution in [0.5, 0.6) is 0 Å². The van der Waals surface area contributed by atoms with Crippen LogP contribution < -0.4 is 10.5 Å². The highest BCUT2D eigenvalue weighted by molar-refractivity contribution is 9.10. The van der Waals surface area contributed by atoms with Crippen molar-refractivity contribution in [2.45, 2.75) is 11.8 Å². The van der Waals surface area contributed by atoms with Crippen LogP contribution >= 0.6 is 28.1 Å². The largest absolute Gasteiger partial charge is 0.389 e. The van der Waals surface area contributed by atoms with Crippen molar-refractivity contribution in [2.24, 2.45) is 5.73 Å². The Kier molecular flexibility index (Phi) is 4.65. The maximum absolute atomic E-state index is 12.3. The standard InChI is InChI=1S/C14H13BrN2O2S2/c1-9-2-5-11(6-3-9)21(18,19)17-13-7-4-10(14(16)20)8-12(13)15/h2-8,17H,1H3,(H2,16,20). The third kappa shape index (κ3) is 3.81. The number of anilines is 1. The van der Waals surface area contributed by atoms with Crippen LogP contribution in [0.2, 0.25) is 0 Å². The molecule has 3 N–H and O–H groups in total. The molecule has 0 fully saturated rings. The van der Waals surface area contributed by atoms with E-state index >= 15 is 0 Å². The smallest absolute Gasteiger partial charge is 0.261 e. The number of rotatable bonds is 4. The van der Waals surface area contributed by atoms with E-state index in [4.69, 9.17) is 18.0 Å². The Morgan fingerprint density at radius 2 is 1.81 bits per heavy atom. The van der Waals surface area contributed by atoms with Crippen molar-refractivity contribution < 1.29 is 8.42 Å². The highest BCUT2D eigenvalue weighted by Crippen LogP contribution is 2.26. The van der Waals surface area contributed by atoms with Crippen LogP contribution in [-0.4, -0.2) is 13.4 Å². The van der Waals surface area contributed by atoms with E-state index in [1.54, 1.807) is 42.5 Å². The van der Waals surface area contributed by atoms with E-state index in [1.165, 1.54) is 0 Å². The zero-order valence-electron chi connectivity index (χ0n) is 11.1. The fourth-order valence-corrected chi connectivity index (χ4v) is 3.49. The minimum atomic E-state index is -3.63. The topological polar surface area (TPSA) is 72.2 Å². The molecule has 2 rings (SSSR count). The number of benzene rings is 2. The Labute approximate surface area is 137 Å². The van der Waals surface area contributed by atoms with Crippen LogP contribution in [0.1, 0.15) is 11.1 Å². The molecule has 0 aliphatic heterocycles.